The number of phosphoric ester groups is 1. The third-order valence-electron chi connectivity index (χ3n) is 1.20. The van der Waals surface area contributed by atoms with Crippen LogP contribution in [0.3, 0.4) is 0 Å². The summed E-state index contributed by atoms with van der Waals surface area (Å²) < 4.78 is 13.7. The Kier molecular flexibility index (Phi) is 19.3. The van der Waals surface area contributed by atoms with Gasteiger partial charge >= 0.3 is 160 Å². The molecule has 0 aliphatic heterocycles. The molecule has 0 unspecified atom stereocenters. The maximum atomic E-state index is 10.9. The molecule has 0 N–H and O–H groups in total. The molecule has 0 aliphatic carbocycles. The van der Waals surface area contributed by atoms with Gasteiger partial charge in [0.15, 0.2) is 0 Å². The molecular formula is C7H5K3O5P+. The van der Waals surface area contributed by atoms with Crippen LogP contribution in [0.25, 0.3) is 0 Å². The van der Waals surface area contributed by atoms with Crippen molar-refractivity contribution in [1.29, 1.82) is 0 Å². The first-order valence-electron chi connectivity index (χ1n) is 3.30. The summed E-state index contributed by atoms with van der Waals surface area (Å²) in [5, 5.41) is 0. The van der Waals surface area contributed by atoms with E-state index in [9.17, 15) is 19.1 Å². The smallest absolute Gasteiger partial charge is 0.780 e. The van der Waals surface area contributed by atoms with Crippen molar-refractivity contribution >= 4 is 13.8 Å². The van der Waals surface area contributed by atoms with Crippen LogP contribution in [0.2, 0.25) is 0 Å². The summed E-state index contributed by atoms with van der Waals surface area (Å²) in [6.45, 7) is 0. The van der Waals surface area contributed by atoms with Crippen molar-refractivity contribution in [2.45, 2.75) is 0 Å². The maximum Gasteiger partial charge on any atom is 1.00 e. The van der Waals surface area contributed by atoms with Gasteiger partial charge in [0, 0.05) is 0 Å². The summed E-state index contributed by atoms with van der Waals surface area (Å²) in [7, 11) is -5.24. The molecule has 1 rings (SSSR count). The molecule has 0 atom stereocenters. The van der Waals surface area contributed by atoms with Crippen molar-refractivity contribution < 1.29 is 178 Å². The number of phosphoric acid groups is 1. The molecule has 9 heteroatoms. The van der Waals surface area contributed by atoms with E-state index in [-0.39, 0.29) is 160 Å². The average molecular weight is 317 g/mol. The Morgan fingerprint density at radius 3 is 1.88 bits per heavy atom. The first-order valence-corrected chi connectivity index (χ1v) is 4.76. The van der Waals surface area contributed by atoms with Crippen molar-refractivity contribution in [3.63, 3.8) is 0 Å². The molecule has 0 fully saturated rings. The van der Waals surface area contributed by atoms with Gasteiger partial charge in [-0.3, -0.25) is 0 Å². The summed E-state index contributed by atoms with van der Waals surface area (Å²) in [5.41, 5.74) is 0.0226. The van der Waals surface area contributed by atoms with Gasteiger partial charge in [0.25, 0.3) is 0 Å². The molecule has 0 radical (unpaired) electrons. The first-order chi connectivity index (χ1) is 5.99. The Hall–Kier alpha value is 3.75. The van der Waals surface area contributed by atoms with Crippen molar-refractivity contribution in [2.24, 2.45) is 0 Å². The van der Waals surface area contributed by atoms with Gasteiger partial charge in [-0.2, -0.15) is 0 Å². The predicted octanol–water partition coefficient (Wildman–Crippen LogP) is -9.32. The van der Waals surface area contributed by atoms with Gasteiger partial charge in [-0.15, -0.1) is 0 Å². The summed E-state index contributed by atoms with van der Waals surface area (Å²) in [6.07, 6.45) is 0. The van der Waals surface area contributed by atoms with Crippen LogP contribution in [-0.4, -0.2) is 5.97 Å². The van der Waals surface area contributed by atoms with E-state index < -0.39 is 13.8 Å². The van der Waals surface area contributed by atoms with E-state index in [1.54, 1.807) is 6.07 Å². The molecule has 1 aromatic rings. The van der Waals surface area contributed by atoms with Crippen LogP contribution >= 0.6 is 7.82 Å². The van der Waals surface area contributed by atoms with E-state index in [2.05, 4.69) is 4.52 Å². The molecule has 0 heterocycles. The predicted molar refractivity (Wildman–Crippen MR) is 39.5 cm³/mol. The fourth-order valence-electron chi connectivity index (χ4n) is 0.728. The fourth-order valence-corrected chi connectivity index (χ4v) is 1.04. The van der Waals surface area contributed by atoms with Crippen molar-refractivity contribution in [3.8, 4) is 0 Å². The Balaban J connectivity index is -0.000000563. The van der Waals surface area contributed by atoms with Gasteiger partial charge < -0.3 is 18.9 Å². The monoisotopic (exact) mass is 317 g/mol. The minimum atomic E-state index is -5.24. The Morgan fingerprint density at radius 2 is 1.50 bits per heavy atom. The molecule has 0 aromatic heterocycles. The first kappa shape index (κ1) is 24.7. The molecule has 0 aliphatic rings. The van der Waals surface area contributed by atoms with E-state index in [1.165, 1.54) is 24.3 Å². The van der Waals surface area contributed by atoms with Gasteiger partial charge in [0.05, 0.1) is 5.56 Å². The van der Waals surface area contributed by atoms with Crippen LogP contribution < -0.4 is 164 Å². The Labute approximate surface area is 221 Å². The average Bonchev–Trinajstić information content (AvgIpc) is 2.03. The zero-order chi connectivity index (χ0) is 9.90. The van der Waals surface area contributed by atoms with Gasteiger partial charge in [-0.1, -0.05) is 18.2 Å². The van der Waals surface area contributed by atoms with Crippen molar-refractivity contribution in [2.75, 3.05) is 0 Å². The Morgan fingerprint density at radius 1 is 1.06 bits per heavy atom. The van der Waals surface area contributed by atoms with E-state index in [0.717, 1.165) is 0 Å². The largest absolute Gasteiger partial charge is 1.00 e. The molecular weight excluding hydrogens is 312 g/mol. The molecule has 0 spiro atoms. The third-order valence-corrected chi connectivity index (χ3v) is 1.59. The zero-order valence-corrected chi connectivity index (χ0v) is 19.6. The van der Waals surface area contributed by atoms with Gasteiger partial charge in [0.1, 0.15) is 7.82 Å². The molecule has 16 heavy (non-hydrogen) atoms. The summed E-state index contributed by atoms with van der Waals surface area (Å²) >= 11 is 0. The van der Waals surface area contributed by atoms with Crippen LogP contribution in [0.1, 0.15) is 10.4 Å². The zero-order valence-electron chi connectivity index (χ0n) is 9.38. The van der Waals surface area contributed by atoms with E-state index in [1.807, 2.05) is 0 Å². The van der Waals surface area contributed by atoms with Gasteiger partial charge in [-0.25, -0.2) is 4.79 Å². The summed E-state index contributed by atoms with van der Waals surface area (Å²) in [6, 6.07) is 7.38. The summed E-state index contributed by atoms with van der Waals surface area (Å²) in [5.74, 6) is -1.16. The van der Waals surface area contributed by atoms with Crippen LogP contribution in [0.4, 0.5) is 0 Å². The summed E-state index contributed by atoms with van der Waals surface area (Å²) in [4.78, 5) is 31.0. The molecule has 0 amide bonds. The van der Waals surface area contributed by atoms with Gasteiger partial charge in [0.2, 0.25) is 0 Å². The maximum absolute atomic E-state index is 10.9. The van der Waals surface area contributed by atoms with E-state index in [0.29, 0.717) is 0 Å². The molecule has 0 bridgehead atoms. The number of benzene rings is 1. The van der Waals surface area contributed by atoms with Crippen LogP contribution in [0, 0.1) is 0 Å². The van der Waals surface area contributed by atoms with Crippen LogP contribution in [0.15, 0.2) is 30.3 Å². The normalized spacial score (nSPS) is 8.88. The molecule has 0 saturated heterocycles. The quantitative estimate of drug-likeness (QED) is 0.399. The Bertz CT molecular complexity index is 352. The van der Waals surface area contributed by atoms with Crippen molar-refractivity contribution in [3.05, 3.63) is 35.9 Å². The van der Waals surface area contributed by atoms with E-state index >= 15 is 0 Å². The van der Waals surface area contributed by atoms with Crippen LogP contribution in [-0.2, 0) is 9.09 Å². The minimum absolute atomic E-state index is 0. The molecule has 0 saturated carbocycles. The van der Waals surface area contributed by atoms with Crippen LogP contribution in [0.5, 0.6) is 0 Å². The topological polar surface area (TPSA) is 89.5 Å². The minimum Gasteiger partial charge on any atom is -0.780 e. The second kappa shape index (κ2) is 12.5. The molecule has 70 valence electrons. The molecule has 1 aromatic carbocycles. The standard InChI is InChI=1S/C7H7O5P.3K/c8-7(12-13(9,10)11)6-4-2-1-3-5-6;;;/h1-5H,(H2,9,10,11);;;/q;3*+1/p-2. The fraction of sp³-hybridized carbons (Fsp3) is 0. The molecule has 5 nitrogen and oxygen atoms in total. The number of carbonyl (C=O) groups is 1. The SMILES string of the molecule is O=C(OP(=O)([O-])[O-])c1ccccc1.[K+].[K+].[K+]. The number of hydrogen-bond acceptors (Lipinski definition) is 5. The van der Waals surface area contributed by atoms with Gasteiger partial charge in [-0.05, 0) is 12.1 Å². The number of rotatable bonds is 2. The third kappa shape index (κ3) is 11.6. The number of hydrogen-bond donors (Lipinski definition) is 0. The number of carbonyl (C=O) groups excluding carboxylic acids is 1. The second-order valence-corrected chi connectivity index (χ2v) is 3.27. The second-order valence-electron chi connectivity index (χ2n) is 2.19. The van der Waals surface area contributed by atoms with E-state index in [4.69, 9.17) is 0 Å². The van der Waals surface area contributed by atoms with Crippen molar-refractivity contribution in [1.82, 2.24) is 0 Å².